The first-order valence-electron chi connectivity index (χ1n) is 6.21. The lowest BCUT2D eigenvalue weighted by Crippen LogP contribution is -2.30. The van der Waals surface area contributed by atoms with Gasteiger partial charge in [0, 0.05) is 6.04 Å². The van der Waals surface area contributed by atoms with Crippen molar-refractivity contribution in [2.45, 2.75) is 44.6 Å². The van der Waals surface area contributed by atoms with Crippen LogP contribution in [0, 0.1) is 5.82 Å². The fourth-order valence-electron chi connectivity index (χ4n) is 2.89. The molecule has 0 spiro atoms. The predicted octanol–water partition coefficient (Wildman–Crippen LogP) is 3.24. The van der Waals surface area contributed by atoms with Crippen LogP contribution >= 0.6 is 0 Å². The van der Waals surface area contributed by atoms with E-state index < -0.39 is 0 Å². The minimum atomic E-state index is -0.101. The monoisotopic (exact) mass is 221 g/mol. The molecule has 1 nitrogen and oxygen atoms in total. The molecule has 0 aromatic heterocycles. The van der Waals surface area contributed by atoms with Crippen molar-refractivity contribution >= 4 is 0 Å². The highest BCUT2D eigenvalue weighted by atomic mass is 19.1. The van der Waals surface area contributed by atoms with Crippen LogP contribution < -0.4 is 5.32 Å². The molecule has 0 fully saturated rings. The summed E-state index contributed by atoms with van der Waals surface area (Å²) in [5.41, 5.74) is 2.57. The summed E-state index contributed by atoms with van der Waals surface area (Å²) in [6.07, 6.45) is 4.57. The van der Waals surface area contributed by atoms with Gasteiger partial charge in [-0.3, -0.25) is 0 Å². The van der Waals surface area contributed by atoms with Crippen molar-refractivity contribution in [2.75, 3.05) is 7.05 Å². The molecule has 0 heterocycles. The van der Waals surface area contributed by atoms with Crippen LogP contribution in [0.4, 0.5) is 4.39 Å². The van der Waals surface area contributed by atoms with E-state index in [1.807, 2.05) is 13.1 Å². The van der Waals surface area contributed by atoms with E-state index in [1.165, 1.54) is 24.0 Å². The van der Waals surface area contributed by atoms with Crippen LogP contribution in [0.2, 0.25) is 0 Å². The molecule has 1 aromatic rings. The van der Waals surface area contributed by atoms with E-state index in [0.717, 1.165) is 12.8 Å². The maximum absolute atomic E-state index is 13.1. The summed E-state index contributed by atoms with van der Waals surface area (Å²) < 4.78 is 13.1. The summed E-state index contributed by atoms with van der Waals surface area (Å²) in [7, 11) is 2.03. The van der Waals surface area contributed by atoms with Gasteiger partial charge in [-0.25, -0.2) is 4.39 Å². The SMILES string of the molecule is CCCC(NC)C1CCc2cc(F)ccc21. The first kappa shape index (κ1) is 11.6. The van der Waals surface area contributed by atoms with Gasteiger partial charge in [-0.2, -0.15) is 0 Å². The van der Waals surface area contributed by atoms with E-state index in [4.69, 9.17) is 0 Å². The molecule has 16 heavy (non-hydrogen) atoms. The summed E-state index contributed by atoms with van der Waals surface area (Å²) in [4.78, 5) is 0. The lowest BCUT2D eigenvalue weighted by molar-refractivity contribution is 0.429. The van der Waals surface area contributed by atoms with Crippen molar-refractivity contribution in [3.8, 4) is 0 Å². The molecule has 1 aliphatic carbocycles. The fraction of sp³-hybridized carbons (Fsp3) is 0.571. The molecule has 1 aliphatic rings. The summed E-state index contributed by atoms with van der Waals surface area (Å²) in [5.74, 6) is 0.469. The Hall–Kier alpha value is -0.890. The van der Waals surface area contributed by atoms with Crippen molar-refractivity contribution in [1.82, 2.24) is 5.32 Å². The van der Waals surface area contributed by atoms with E-state index in [2.05, 4.69) is 12.2 Å². The van der Waals surface area contributed by atoms with E-state index in [0.29, 0.717) is 12.0 Å². The second-order valence-corrected chi connectivity index (χ2v) is 4.67. The molecule has 0 saturated carbocycles. The van der Waals surface area contributed by atoms with Gasteiger partial charge in [0.25, 0.3) is 0 Å². The molecule has 0 bridgehead atoms. The second kappa shape index (κ2) is 4.96. The zero-order chi connectivity index (χ0) is 11.5. The van der Waals surface area contributed by atoms with Gasteiger partial charge < -0.3 is 5.32 Å². The molecule has 2 unspecified atom stereocenters. The van der Waals surface area contributed by atoms with Crippen molar-refractivity contribution < 1.29 is 4.39 Å². The highest BCUT2D eigenvalue weighted by molar-refractivity contribution is 5.36. The first-order valence-corrected chi connectivity index (χ1v) is 6.21. The maximum Gasteiger partial charge on any atom is 0.123 e. The number of fused-ring (bicyclic) bond motifs is 1. The minimum Gasteiger partial charge on any atom is -0.316 e. The summed E-state index contributed by atoms with van der Waals surface area (Å²) in [6, 6.07) is 5.81. The highest BCUT2D eigenvalue weighted by Crippen LogP contribution is 2.36. The molecule has 1 N–H and O–H groups in total. The Morgan fingerprint density at radius 3 is 3.00 bits per heavy atom. The van der Waals surface area contributed by atoms with Gasteiger partial charge in [-0.1, -0.05) is 19.4 Å². The van der Waals surface area contributed by atoms with Gasteiger partial charge in [-0.05, 0) is 55.5 Å². The topological polar surface area (TPSA) is 12.0 Å². The molecular weight excluding hydrogens is 201 g/mol. The third-order valence-corrected chi connectivity index (χ3v) is 3.69. The Morgan fingerprint density at radius 1 is 1.50 bits per heavy atom. The number of nitrogens with one attached hydrogen (secondary N) is 1. The Labute approximate surface area is 97.1 Å². The molecule has 0 amide bonds. The third kappa shape index (κ3) is 2.12. The van der Waals surface area contributed by atoms with Crippen LogP contribution in [0.15, 0.2) is 18.2 Å². The summed E-state index contributed by atoms with van der Waals surface area (Å²) in [6.45, 7) is 2.21. The van der Waals surface area contributed by atoms with E-state index in [1.54, 1.807) is 12.1 Å². The Balaban J connectivity index is 2.22. The smallest absolute Gasteiger partial charge is 0.123 e. The standard InChI is InChI=1S/C14H20FN/c1-3-4-14(16-2)13-7-5-10-9-11(15)6-8-12(10)13/h6,8-9,13-14,16H,3-5,7H2,1-2H3. The molecule has 2 rings (SSSR count). The van der Waals surface area contributed by atoms with Gasteiger partial charge in [0.15, 0.2) is 0 Å². The number of rotatable bonds is 4. The number of hydrogen-bond acceptors (Lipinski definition) is 1. The fourth-order valence-corrected chi connectivity index (χ4v) is 2.89. The Morgan fingerprint density at radius 2 is 2.31 bits per heavy atom. The summed E-state index contributed by atoms with van der Waals surface area (Å²) in [5, 5.41) is 3.41. The van der Waals surface area contributed by atoms with Crippen molar-refractivity contribution in [3.63, 3.8) is 0 Å². The zero-order valence-corrected chi connectivity index (χ0v) is 10.1. The lowest BCUT2D eigenvalue weighted by atomic mass is 9.90. The quantitative estimate of drug-likeness (QED) is 0.823. The molecule has 0 aliphatic heterocycles. The normalized spacial score (nSPS) is 20.8. The maximum atomic E-state index is 13.1. The largest absolute Gasteiger partial charge is 0.316 e. The van der Waals surface area contributed by atoms with Crippen molar-refractivity contribution in [3.05, 3.63) is 35.1 Å². The van der Waals surface area contributed by atoms with E-state index >= 15 is 0 Å². The van der Waals surface area contributed by atoms with E-state index in [-0.39, 0.29) is 5.82 Å². The average molecular weight is 221 g/mol. The van der Waals surface area contributed by atoms with E-state index in [9.17, 15) is 4.39 Å². The Bertz CT molecular complexity index is 362. The van der Waals surface area contributed by atoms with Crippen molar-refractivity contribution in [2.24, 2.45) is 0 Å². The molecular formula is C14H20FN. The van der Waals surface area contributed by atoms with Gasteiger partial charge in [0.2, 0.25) is 0 Å². The Kier molecular flexibility index (Phi) is 3.59. The zero-order valence-electron chi connectivity index (χ0n) is 10.1. The summed E-state index contributed by atoms with van der Waals surface area (Å²) >= 11 is 0. The van der Waals surface area contributed by atoms with Crippen LogP contribution in [0.3, 0.4) is 0 Å². The highest BCUT2D eigenvalue weighted by Gasteiger charge is 2.28. The molecule has 1 aromatic carbocycles. The molecule has 0 saturated heterocycles. The van der Waals surface area contributed by atoms with Crippen molar-refractivity contribution in [1.29, 1.82) is 0 Å². The van der Waals surface area contributed by atoms with Gasteiger partial charge in [0.1, 0.15) is 5.82 Å². The number of halogens is 1. The van der Waals surface area contributed by atoms with Gasteiger partial charge in [0.05, 0.1) is 0 Å². The third-order valence-electron chi connectivity index (χ3n) is 3.69. The van der Waals surface area contributed by atoms with Gasteiger partial charge in [-0.15, -0.1) is 0 Å². The average Bonchev–Trinajstić information content (AvgIpc) is 2.68. The number of benzene rings is 1. The molecule has 2 heteroatoms. The van der Waals surface area contributed by atoms with Crippen LogP contribution in [0.1, 0.15) is 43.2 Å². The van der Waals surface area contributed by atoms with Crippen LogP contribution in [-0.4, -0.2) is 13.1 Å². The van der Waals surface area contributed by atoms with Gasteiger partial charge >= 0.3 is 0 Å². The lowest BCUT2D eigenvalue weighted by Gasteiger charge is -2.23. The number of likely N-dealkylation sites (N-methyl/N-ethyl adjacent to an activating group) is 1. The van der Waals surface area contributed by atoms with Crippen LogP contribution in [0.25, 0.3) is 0 Å². The molecule has 88 valence electrons. The second-order valence-electron chi connectivity index (χ2n) is 4.67. The predicted molar refractivity (Wildman–Crippen MR) is 65.2 cm³/mol. The number of aryl methyl sites for hydroxylation is 1. The van der Waals surface area contributed by atoms with Crippen LogP contribution in [0.5, 0.6) is 0 Å². The van der Waals surface area contributed by atoms with Crippen LogP contribution in [-0.2, 0) is 6.42 Å². The number of hydrogen-bond donors (Lipinski definition) is 1. The first-order chi connectivity index (χ1) is 7.76. The minimum absolute atomic E-state index is 0.101. The molecule has 0 radical (unpaired) electrons. The molecule has 2 atom stereocenters.